The Balaban J connectivity index is 1.84. The second-order valence-corrected chi connectivity index (χ2v) is 7.70. The van der Waals surface area contributed by atoms with Gasteiger partial charge in [-0.3, -0.25) is 4.79 Å². The van der Waals surface area contributed by atoms with Gasteiger partial charge in [-0.25, -0.2) is 4.98 Å². The van der Waals surface area contributed by atoms with Crippen molar-refractivity contribution in [2.24, 2.45) is 0 Å². The zero-order chi connectivity index (χ0) is 22.1. The number of ether oxygens (including phenoxy) is 1. The van der Waals surface area contributed by atoms with Crippen LogP contribution in [0, 0.1) is 11.3 Å². The first-order valence-electron chi connectivity index (χ1n) is 8.01. The number of rotatable bonds is 5. The van der Waals surface area contributed by atoms with E-state index in [4.69, 9.17) is 11.0 Å². The van der Waals surface area contributed by atoms with E-state index in [2.05, 4.69) is 41.1 Å². The summed E-state index contributed by atoms with van der Waals surface area (Å²) in [5.74, 6) is -1.08. The number of carbonyl (C=O) groups is 1. The van der Waals surface area contributed by atoms with E-state index in [0.29, 0.717) is 10.0 Å². The van der Waals surface area contributed by atoms with E-state index in [0.717, 1.165) is 23.5 Å². The highest BCUT2D eigenvalue weighted by molar-refractivity contribution is 9.10. The van der Waals surface area contributed by atoms with E-state index in [1.54, 1.807) is 6.92 Å². The van der Waals surface area contributed by atoms with Crippen molar-refractivity contribution in [2.75, 3.05) is 5.73 Å². The van der Waals surface area contributed by atoms with Crippen LogP contribution >= 0.6 is 27.3 Å². The van der Waals surface area contributed by atoms with Gasteiger partial charge in [0.1, 0.15) is 16.7 Å². The van der Waals surface area contributed by atoms with Crippen molar-refractivity contribution >= 4 is 39.1 Å². The lowest BCUT2D eigenvalue weighted by atomic mass is 10.2. The van der Waals surface area contributed by atoms with Crippen LogP contribution in [0.1, 0.15) is 34.0 Å². The molecule has 1 aromatic carbocycles. The summed E-state index contributed by atoms with van der Waals surface area (Å²) >= 11 is 4.10. The number of nitrogens with one attached hydrogen (secondary N) is 1. The zero-order valence-corrected chi connectivity index (χ0v) is 17.3. The van der Waals surface area contributed by atoms with Crippen molar-refractivity contribution in [3.8, 4) is 17.0 Å². The molecule has 0 bridgehead atoms. The number of nitrogens with zero attached hydrogens (tertiary/aromatic N) is 5. The van der Waals surface area contributed by atoms with Gasteiger partial charge in [0.25, 0.3) is 5.91 Å². The van der Waals surface area contributed by atoms with E-state index in [9.17, 15) is 18.0 Å². The van der Waals surface area contributed by atoms with Gasteiger partial charge in [0.15, 0.2) is 5.82 Å². The predicted octanol–water partition coefficient (Wildman–Crippen LogP) is 3.33. The number of hydrogen-bond acceptors (Lipinski definition) is 8. The first kappa shape index (κ1) is 21.5. The molecule has 0 aliphatic carbocycles. The third kappa shape index (κ3) is 5.05. The Morgan fingerprint density at radius 3 is 2.80 bits per heavy atom. The van der Waals surface area contributed by atoms with Crippen LogP contribution in [0.5, 0.6) is 5.75 Å². The first-order valence-corrected chi connectivity index (χ1v) is 9.62. The molecule has 0 fully saturated rings. The summed E-state index contributed by atoms with van der Waals surface area (Å²) in [6, 6.07) is 4.58. The van der Waals surface area contributed by atoms with Gasteiger partial charge in [-0.1, -0.05) is 27.3 Å². The fourth-order valence-electron chi connectivity index (χ4n) is 2.41. The molecule has 2 heterocycles. The molecule has 3 N–H and O–H groups in total. The van der Waals surface area contributed by atoms with Gasteiger partial charge in [0.2, 0.25) is 11.1 Å². The fraction of sp³-hybridized carbons (Fsp3) is 0.188. The Kier molecular flexibility index (Phi) is 5.94. The van der Waals surface area contributed by atoms with Crippen LogP contribution < -0.4 is 15.8 Å². The molecule has 0 aliphatic rings. The molecule has 3 aromatic rings. The van der Waals surface area contributed by atoms with E-state index in [-0.39, 0.29) is 21.8 Å². The Hall–Kier alpha value is -3.18. The number of aromatic nitrogens is 4. The summed E-state index contributed by atoms with van der Waals surface area (Å²) in [6.07, 6.45) is -3.54. The first-order chi connectivity index (χ1) is 14.1. The largest absolute Gasteiger partial charge is 0.573 e. The maximum atomic E-state index is 12.6. The average molecular weight is 502 g/mol. The summed E-state index contributed by atoms with van der Waals surface area (Å²) < 4.78 is 42.8. The molecule has 1 amide bonds. The zero-order valence-electron chi connectivity index (χ0n) is 14.9. The van der Waals surface area contributed by atoms with Gasteiger partial charge in [-0.05, 0) is 25.1 Å². The monoisotopic (exact) mass is 501 g/mol. The molecule has 156 valence electrons. The third-order valence-corrected chi connectivity index (χ3v) is 4.87. The number of amides is 1. The lowest BCUT2D eigenvalue weighted by Gasteiger charge is -2.15. The minimum atomic E-state index is -4.90. The number of alkyl halides is 3. The summed E-state index contributed by atoms with van der Waals surface area (Å²) in [4.78, 5) is 21.1. The van der Waals surface area contributed by atoms with Crippen molar-refractivity contribution in [1.29, 1.82) is 5.26 Å². The maximum absolute atomic E-state index is 12.6. The van der Waals surface area contributed by atoms with Crippen molar-refractivity contribution in [1.82, 2.24) is 25.1 Å². The molecule has 1 atom stereocenters. The van der Waals surface area contributed by atoms with Gasteiger partial charge in [-0.15, -0.1) is 18.3 Å². The molecule has 14 heteroatoms. The summed E-state index contributed by atoms with van der Waals surface area (Å²) in [6.45, 7) is 1.59. The lowest BCUT2D eigenvalue weighted by Crippen LogP contribution is -2.29. The van der Waals surface area contributed by atoms with Gasteiger partial charge in [0, 0.05) is 10.0 Å². The predicted molar refractivity (Wildman–Crippen MR) is 103 cm³/mol. The van der Waals surface area contributed by atoms with E-state index < -0.39 is 24.1 Å². The number of nitriles is 1. The van der Waals surface area contributed by atoms with Crippen molar-refractivity contribution < 1.29 is 22.7 Å². The molecule has 0 unspecified atom stereocenters. The molecule has 30 heavy (non-hydrogen) atoms. The van der Waals surface area contributed by atoms with Crippen LogP contribution in [0.2, 0.25) is 0 Å². The average Bonchev–Trinajstić information content (AvgIpc) is 3.25. The highest BCUT2D eigenvalue weighted by atomic mass is 79.9. The molecule has 0 aliphatic heterocycles. The molecular formula is C16H11BrF3N7O2S. The van der Waals surface area contributed by atoms with Gasteiger partial charge in [-0.2, -0.15) is 14.9 Å². The molecule has 0 radical (unpaired) electrons. The number of thiazole rings is 1. The highest BCUT2D eigenvalue weighted by Crippen LogP contribution is 2.28. The highest BCUT2D eigenvalue weighted by Gasteiger charge is 2.31. The minimum Gasteiger partial charge on any atom is -0.406 e. The van der Waals surface area contributed by atoms with Crippen LogP contribution in [0.4, 0.5) is 19.1 Å². The Morgan fingerprint density at radius 1 is 1.43 bits per heavy atom. The second kappa shape index (κ2) is 8.28. The quantitative estimate of drug-likeness (QED) is 0.547. The summed E-state index contributed by atoms with van der Waals surface area (Å²) in [5, 5.41) is 15.9. The van der Waals surface area contributed by atoms with Crippen molar-refractivity contribution in [3.63, 3.8) is 0 Å². The number of carbonyl (C=O) groups excluding carboxylic acids is 1. The van der Waals surface area contributed by atoms with Gasteiger partial charge >= 0.3 is 6.36 Å². The number of nitrogen functional groups attached to an aromatic ring is 1. The van der Waals surface area contributed by atoms with Crippen molar-refractivity contribution in [2.45, 2.75) is 19.3 Å². The molecule has 0 saturated heterocycles. The number of nitrogens with two attached hydrogens (primary N) is 1. The van der Waals surface area contributed by atoms with E-state index in [1.807, 2.05) is 6.07 Å². The van der Waals surface area contributed by atoms with Crippen molar-refractivity contribution in [3.05, 3.63) is 45.1 Å². The minimum absolute atomic E-state index is 0.0736. The number of anilines is 1. The van der Waals surface area contributed by atoms with E-state index in [1.165, 1.54) is 16.9 Å². The fourth-order valence-corrected chi connectivity index (χ4v) is 3.55. The van der Waals surface area contributed by atoms with Crippen LogP contribution in [-0.2, 0) is 0 Å². The van der Waals surface area contributed by atoms with Crippen LogP contribution in [-0.4, -0.2) is 32.0 Å². The number of hydrogen-bond donors (Lipinski definition) is 2. The molecule has 9 nitrogen and oxygen atoms in total. The molecular weight excluding hydrogens is 491 g/mol. The van der Waals surface area contributed by atoms with Gasteiger partial charge < -0.3 is 15.8 Å². The molecule has 2 aromatic heterocycles. The van der Waals surface area contributed by atoms with Crippen LogP contribution in [0.15, 0.2) is 28.9 Å². The smallest absolute Gasteiger partial charge is 0.406 e. The molecule has 0 saturated carbocycles. The standard InChI is InChI=1S/C16H11BrF3N7O2S/c1-7(12-25-14(22)26-27(12)15-23-6-11(5-21)30-15)24-13(28)8-2-9(17)4-10(3-8)29-16(18,19)20/h2-4,6-7H,1H3,(H2,22,26)(H,24,28)/t7-/m0/s1. The van der Waals surface area contributed by atoms with Crippen LogP contribution in [0.3, 0.4) is 0 Å². The van der Waals surface area contributed by atoms with E-state index >= 15 is 0 Å². The second-order valence-electron chi connectivity index (χ2n) is 5.78. The Bertz CT molecular complexity index is 1140. The van der Waals surface area contributed by atoms with Gasteiger partial charge in [0.05, 0.1) is 12.2 Å². The van der Waals surface area contributed by atoms with Crippen LogP contribution in [0.25, 0.3) is 5.13 Å². The topological polar surface area (TPSA) is 132 Å². The number of benzene rings is 1. The molecule has 3 rings (SSSR count). The normalized spacial score (nSPS) is 12.3. The summed E-state index contributed by atoms with van der Waals surface area (Å²) in [7, 11) is 0. The molecule has 0 spiro atoms. The SMILES string of the molecule is C[C@H](NC(=O)c1cc(Br)cc(OC(F)(F)F)c1)c1nc(N)nn1-c1ncc(C#N)s1. The Labute approximate surface area is 179 Å². The lowest BCUT2D eigenvalue weighted by molar-refractivity contribution is -0.274. The third-order valence-electron chi connectivity index (χ3n) is 3.54. The number of halogens is 4. The Morgan fingerprint density at radius 2 is 2.17 bits per heavy atom. The maximum Gasteiger partial charge on any atom is 0.573 e. The summed E-state index contributed by atoms with van der Waals surface area (Å²) in [5.41, 5.74) is 5.59.